The summed E-state index contributed by atoms with van der Waals surface area (Å²) >= 11 is 5.94. The van der Waals surface area contributed by atoms with Crippen LogP contribution in [0.3, 0.4) is 0 Å². The predicted octanol–water partition coefficient (Wildman–Crippen LogP) is 4.88. The molecule has 134 valence electrons. The Morgan fingerprint density at radius 2 is 2.12 bits per heavy atom. The minimum atomic E-state index is -0.101. The van der Waals surface area contributed by atoms with Gasteiger partial charge in [0.05, 0.1) is 5.88 Å². The van der Waals surface area contributed by atoms with Crippen LogP contribution in [0.2, 0.25) is 0 Å². The van der Waals surface area contributed by atoms with Crippen LogP contribution in [-0.4, -0.2) is 17.4 Å². The lowest BCUT2D eigenvalue weighted by molar-refractivity contribution is -0.125. The van der Waals surface area contributed by atoms with Crippen LogP contribution in [0.25, 0.3) is 0 Å². The van der Waals surface area contributed by atoms with Gasteiger partial charge >= 0.3 is 0 Å². The van der Waals surface area contributed by atoms with Gasteiger partial charge in [-0.05, 0) is 67.9 Å². The number of allylic oxidation sites excluding steroid dienone is 6. The fraction of sp³-hybridized carbons (Fsp3) is 0.636. The third kappa shape index (κ3) is 2.29. The maximum absolute atomic E-state index is 12.6. The molecule has 3 heteroatoms. The third-order valence-electron chi connectivity index (χ3n) is 7.77. The number of hydrogen-bond acceptors (Lipinski definition) is 2. The highest BCUT2D eigenvalue weighted by molar-refractivity contribution is 6.28. The molecule has 0 aromatic carbocycles. The predicted molar refractivity (Wildman–Crippen MR) is 100 cm³/mol. The minimum absolute atomic E-state index is 0.0331. The second-order valence-corrected chi connectivity index (χ2v) is 9.29. The molecule has 0 spiro atoms. The molecular formula is C22H27ClO2. The van der Waals surface area contributed by atoms with E-state index in [9.17, 15) is 9.59 Å². The van der Waals surface area contributed by atoms with E-state index in [-0.39, 0.29) is 34.2 Å². The Morgan fingerprint density at radius 3 is 2.84 bits per heavy atom. The summed E-state index contributed by atoms with van der Waals surface area (Å²) in [6.45, 7) is 6.81. The lowest BCUT2D eigenvalue weighted by Crippen LogP contribution is -2.45. The Kier molecular flexibility index (Phi) is 3.92. The van der Waals surface area contributed by atoms with E-state index in [2.05, 4.69) is 32.9 Å². The number of fused-ring (bicyclic) bond motifs is 5. The van der Waals surface area contributed by atoms with Crippen LogP contribution in [0.4, 0.5) is 0 Å². The number of carbonyl (C=O) groups is 2. The Morgan fingerprint density at radius 1 is 1.36 bits per heavy atom. The quantitative estimate of drug-likeness (QED) is 0.520. The van der Waals surface area contributed by atoms with Crippen LogP contribution in [-0.2, 0) is 9.59 Å². The summed E-state index contributed by atoms with van der Waals surface area (Å²) in [7, 11) is 0. The number of carbonyl (C=O) groups excluding carboxylic acids is 2. The molecule has 4 aliphatic rings. The van der Waals surface area contributed by atoms with E-state index in [0.29, 0.717) is 17.8 Å². The maximum Gasteiger partial charge on any atom is 0.178 e. The number of alkyl halides is 1. The average molecular weight is 359 g/mol. The van der Waals surface area contributed by atoms with Gasteiger partial charge in [0.1, 0.15) is 0 Å². The van der Waals surface area contributed by atoms with E-state index in [1.165, 1.54) is 11.1 Å². The zero-order chi connectivity index (χ0) is 18.0. The standard InChI is InChI=1S/C22H27ClO2/c1-13-10-18-16-5-4-14-11-15(24)6-8-21(14,2)17(16)7-9-22(18,3)20(13)19(25)12-23/h6-8,11,13,16,18,20H,4-5,9-10,12H2,1-3H3/t13-,16-,18+,20-,21+,22+/m1/s1. The first kappa shape index (κ1) is 17.3. The summed E-state index contributed by atoms with van der Waals surface area (Å²) in [4.78, 5) is 24.4. The van der Waals surface area contributed by atoms with E-state index < -0.39 is 0 Å². The summed E-state index contributed by atoms with van der Waals surface area (Å²) in [5.74, 6) is 2.03. The van der Waals surface area contributed by atoms with Crippen molar-refractivity contribution in [3.8, 4) is 0 Å². The first-order valence-corrected chi connectivity index (χ1v) is 10.1. The fourth-order valence-corrected chi connectivity index (χ4v) is 6.83. The van der Waals surface area contributed by atoms with Crippen LogP contribution in [0.1, 0.15) is 46.5 Å². The molecule has 0 heterocycles. The van der Waals surface area contributed by atoms with Crippen molar-refractivity contribution in [1.29, 1.82) is 0 Å². The molecule has 25 heavy (non-hydrogen) atoms. The first-order valence-electron chi connectivity index (χ1n) is 9.54. The van der Waals surface area contributed by atoms with Gasteiger partial charge in [-0.2, -0.15) is 0 Å². The van der Waals surface area contributed by atoms with Gasteiger partial charge in [0.15, 0.2) is 11.6 Å². The van der Waals surface area contributed by atoms with Crippen LogP contribution >= 0.6 is 11.6 Å². The van der Waals surface area contributed by atoms with Gasteiger partial charge in [0.25, 0.3) is 0 Å². The molecule has 4 aliphatic carbocycles. The number of rotatable bonds is 2. The second-order valence-electron chi connectivity index (χ2n) is 9.02. The molecule has 0 saturated heterocycles. The van der Waals surface area contributed by atoms with Gasteiger partial charge in [0.2, 0.25) is 0 Å². The van der Waals surface area contributed by atoms with Gasteiger partial charge in [-0.15, -0.1) is 11.6 Å². The van der Waals surface area contributed by atoms with Gasteiger partial charge in [-0.1, -0.05) is 37.1 Å². The van der Waals surface area contributed by atoms with Crippen molar-refractivity contribution in [2.24, 2.45) is 34.5 Å². The van der Waals surface area contributed by atoms with Crippen molar-refractivity contribution in [3.63, 3.8) is 0 Å². The van der Waals surface area contributed by atoms with Crippen molar-refractivity contribution in [2.45, 2.75) is 46.5 Å². The van der Waals surface area contributed by atoms with E-state index in [1.807, 2.05) is 6.08 Å². The molecule has 0 aromatic rings. The molecular weight excluding hydrogens is 332 g/mol. The van der Waals surface area contributed by atoms with Gasteiger partial charge in [-0.25, -0.2) is 0 Å². The largest absolute Gasteiger partial charge is 0.298 e. The van der Waals surface area contributed by atoms with Crippen molar-refractivity contribution in [1.82, 2.24) is 0 Å². The number of ketones is 2. The summed E-state index contributed by atoms with van der Waals surface area (Å²) in [6.07, 6.45) is 12.3. The molecule has 0 aromatic heterocycles. The number of hydrogen-bond donors (Lipinski definition) is 0. The molecule has 4 rings (SSSR count). The Hall–Kier alpha value is -1.15. The molecule has 2 nitrogen and oxygen atoms in total. The van der Waals surface area contributed by atoms with Gasteiger partial charge in [0, 0.05) is 11.3 Å². The molecule has 0 N–H and O–H groups in total. The highest BCUT2D eigenvalue weighted by atomic mass is 35.5. The highest BCUT2D eigenvalue weighted by Gasteiger charge is 2.58. The Bertz CT molecular complexity index is 730. The SMILES string of the molecule is C[C@@H]1C[C@H]2[C@@H]3CCC4=CC(=O)C=C[C@]4(C)C3=CC[C@]2(C)[C@H]1C(=O)CCl. The summed E-state index contributed by atoms with van der Waals surface area (Å²) in [5, 5.41) is 0. The molecule has 0 amide bonds. The van der Waals surface area contributed by atoms with Crippen LogP contribution in [0.15, 0.2) is 35.5 Å². The summed E-state index contributed by atoms with van der Waals surface area (Å²) < 4.78 is 0. The van der Waals surface area contributed by atoms with Crippen molar-refractivity contribution in [3.05, 3.63) is 35.5 Å². The zero-order valence-corrected chi connectivity index (χ0v) is 16.1. The second kappa shape index (κ2) is 5.67. The normalized spacial score (nSPS) is 45.2. The summed E-state index contributed by atoms with van der Waals surface area (Å²) in [5.41, 5.74) is 2.69. The molecule has 0 unspecified atom stereocenters. The van der Waals surface area contributed by atoms with Crippen molar-refractivity contribution < 1.29 is 9.59 Å². The zero-order valence-electron chi connectivity index (χ0n) is 15.3. The number of Topliss-reactive ketones (excluding diaryl/α,β-unsaturated/α-hetero) is 1. The maximum atomic E-state index is 12.6. The Balaban J connectivity index is 1.75. The molecule has 2 saturated carbocycles. The molecule has 6 atom stereocenters. The fourth-order valence-electron chi connectivity index (χ4n) is 6.66. The van der Waals surface area contributed by atoms with Crippen LogP contribution in [0, 0.1) is 34.5 Å². The Labute approximate surface area is 155 Å². The molecule has 2 fully saturated rings. The van der Waals surface area contributed by atoms with E-state index in [4.69, 9.17) is 11.6 Å². The highest BCUT2D eigenvalue weighted by Crippen LogP contribution is 2.65. The van der Waals surface area contributed by atoms with Gasteiger partial charge < -0.3 is 0 Å². The van der Waals surface area contributed by atoms with Gasteiger partial charge in [-0.3, -0.25) is 9.59 Å². The smallest absolute Gasteiger partial charge is 0.178 e. The van der Waals surface area contributed by atoms with Crippen molar-refractivity contribution >= 4 is 23.2 Å². The topological polar surface area (TPSA) is 34.1 Å². The number of halogens is 1. The van der Waals surface area contributed by atoms with E-state index >= 15 is 0 Å². The monoisotopic (exact) mass is 358 g/mol. The summed E-state index contributed by atoms with van der Waals surface area (Å²) in [6, 6.07) is 0. The van der Waals surface area contributed by atoms with Crippen LogP contribution < -0.4 is 0 Å². The van der Waals surface area contributed by atoms with Crippen molar-refractivity contribution in [2.75, 3.05) is 5.88 Å². The third-order valence-corrected chi connectivity index (χ3v) is 8.03. The lowest BCUT2D eigenvalue weighted by Gasteiger charge is -2.52. The van der Waals surface area contributed by atoms with Crippen LogP contribution in [0.5, 0.6) is 0 Å². The minimum Gasteiger partial charge on any atom is -0.298 e. The van der Waals surface area contributed by atoms with E-state index in [0.717, 1.165) is 25.7 Å². The first-order chi connectivity index (χ1) is 11.8. The lowest BCUT2D eigenvalue weighted by atomic mass is 9.52. The molecule has 0 aliphatic heterocycles. The molecule has 0 radical (unpaired) electrons. The molecule has 0 bridgehead atoms. The van der Waals surface area contributed by atoms with E-state index in [1.54, 1.807) is 6.08 Å². The average Bonchev–Trinajstić information content (AvgIpc) is 2.85.